The topological polar surface area (TPSA) is 115 Å². The van der Waals surface area contributed by atoms with Crippen molar-refractivity contribution in [1.29, 1.82) is 5.26 Å². The van der Waals surface area contributed by atoms with E-state index >= 15 is 0 Å². The average Bonchev–Trinajstić information content (AvgIpc) is 3.49. The van der Waals surface area contributed by atoms with Crippen LogP contribution in [0.5, 0.6) is 0 Å². The Hall–Kier alpha value is -4.71. The van der Waals surface area contributed by atoms with Gasteiger partial charge in [0.1, 0.15) is 11.6 Å². The molecule has 0 radical (unpaired) electrons. The second-order valence-electron chi connectivity index (χ2n) is 7.10. The lowest BCUT2D eigenvalue weighted by atomic mass is 10.2. The highest BCUT2D eigenvalue weighted by Gasteiger charge is 2.16. The van der Waals surface area contributed by atoms with Crippen LogP contribution in [0, 0.1) is 11.3 Å². The second-order valence-corrected chi connectivity index (χ2v) is 7.10. The first-order valence-electron chi connectivity index (χ1n) is 10.2. The van der Waals surface area contributed by atoms with Crippen molar-refractivity contribution in [2.75, 3.05) is 11.9 Å². The normalized spacial score (nSPS) is 10.4. The highest BCUT2D eigenvalue weighted by molar-refractivity contribution is 5.93. The van der Waals surface area contributed by atoms with Gasteiger partial charge in [-0.3, -0.25) is 9.59 Å². The fourth-order valence-electron chi connectivity index (χ4n) is 3.16. The van der Waals surface area contributed by atoms with Crippen LogP contribution < -0.4 is 5.32 Å². The molecule has 0 spiro atoms. The van der Waals surface area contributed by atoms with Crippen molar-refractivity contribution in [1.82, 2.24) is 19.6 Å². The Bertz CT molecular complexity index is 1290. The number of benzene rings is 2. The predicted octanol–water partition coefficient (Wildman–Crippen LogP) is 3.04. The van der Waals surface area contributed by atoms with Gasteiger partial charge >= 0.3 is 5.97 Å². The van der Waals surface area contributed by atoms with E-state index in [2.05, 4.69) is 15.5 Å². The molecule has 0 saturated carbocycles. The summed E-state index contributed by atoms with van der Waals surface area (Å²) in [5.74, 6) is -0.845. The van der Waals surface area contributed by atoms with E-state index in [0.717, 1.165) is 11.3 Å². The van der Waals surface area contributed by atoms with Crippen LogP contribution in [0.25, 0.3) is 11.4 Å². The number of nitrogens with one attached hydrogen (secondary N) is 1. The average molecular weight is 440 g/mol. The van der Waals surface area contributed by atoms with E-state index in [1.165, 1.54) is 10.9 Å². The molecule has 0 fully saturated rings. The number of hydrogen-bond donors (Lipinski definition) is 1. The number of nitriles is 1. The molecule has 4 rings (SSSR count). The van der Waals surface area contributed by atoms with Gasteiger partial charge in [0.15, 0.2) is 12.4 Å². The lowest BCUT2D eigenvalue weighted by molar-refractivity contribution is -0.147. The first-order valence-corrected chi connectivity index (χ1v) is 10.2. The van der Waals surface area contributed by atoms with Gasteiger partial charge in [0.2, 0.25) is 0 Å². The zero-order valence-corrected chi connectivity index (χ0v) is 17.6. The Labute approximate surface area is 189 Å². The third-order valence-electron chi connectivity index (χ3n) is 4.79. The summed E-state index contributed by atoms with van der Waals surface area (Å²) < 4.78 is 8.27. The fraction of sp³-hybridized carbons (Fsp3) is 0.125. The molecule has 2 heterocycles. The number of carbonyl (C=O) groups is 2. The molecule has 33 heavy (non-hydrogen) atoms. The molecule has 0 unspecified atom stereocenters. The van der Waals surface area contributed by atoms with Gasteiger partial charge in [-0.25, -0.2) is 9.36 Å². The van der Waals surface area contributed by atoms with Gasteiger partial charge in [-0.1, -0.05) is 36.4 Å². The molecule has 1 N–H and O–H groups in total. The molecular weight excluding hydrogens is 420 g/mol. The monoisotopic (exact) mass is 440 g/mol. The summed E-state index contributed by atoms with van der Waals surface area (Å²) in [6.07, 6.45) is 5.46. The molecule has 0 bridgehead atoms. The molecule has 9 nitrogen and oxygen atoms in total. The van der Waals surface area contributed by atoms with Crippen molar-refractivity contribution in [3.8, 4) is 17.4 Å². The van der Waals surface area contributed by atoms with E-state index in [1.807, 2.05) is 60.8 Å². The highest BCUT2D eigenvalue weighted by Crippen LogP contribution is 2.19. The standard InChI is InChI=1S/C24H20N6O3/c25-13-19-15-27-30(21-9-5-2-6-10-21)24(19)28-22(31)17-33-23(32)12-11-18-14-26-29(16-18)20-7-3-1-4-8-20/h1-10,14-16H,11-12,17H2,(H,28,31). The maximum Gasteiger partial charge on any atom is 0.306 e. The molecule has 2 aromatic heterocycles. The van der Waals surface area contributed by atoms with Gasteiger partial charge in [-0.15, -0.1) is 0 Å². The largest absolute Gasteiger partial charge is 0.456 e. The number of ether oxygens (including phenoxy) is 1. The van der Waals surface area contributed by atoms with Gasteiger partial charge in [-0.2, -0.15) is 15.5 Å². The summed E-state index contributed by atoms with van der Waals surface area (Å²) in [6.45, 7) is -0.465. The fourth-order valence-corrected chi connectivity index (χ4v) is 3.16. The van der Waals surface area contributed by atoms with E-state index in [-0.39, 0.29) is 17.8 Å². The Kier molecular flexibility index (Phi) is 6.56. The number of esters is 1. The van der Waals surface area contributed by atoms with Gasteiger partial charge in [-0.05, 0) is 36.2 Å². The Balaban J connectivity index is 1.29. The Morgan fingerprint density at radius 1 is 0.970 bits per heavy atom. The smallest absolute Gasteiger partial charge is 0.306 e. The van der Waals surface area contributed by atoms with E-state index in [4.69, 9.17) is 4.74 Å². The third kappa shape index (κ3) is 5.32. The van der Waals surface area contributed by atoms with Crippen molar-refractivity contribution >= 4 is 17.7 Å². The van der Waals surface area contributed by atoms with Crippen molar-refractivity contribution in [3.63, 3.8) is 0 Å². The summed E-state index contributed by atoms with van der Waals surface area (Å²) in [7, 11) is 0. The molecule has 0 saturated heterocycles. The van der Waals surface area contributed by atoms with Gasteiger partial charge in [0.25, 0.3) is 5.91 Å². The second kappa shape index (κ2) is 10.1. The predicted molar refractivity (Wildman–Crippen MR) is 120 cm³/mol. The number of aromatic nitrogens is 4. The van der Waals surface area contributed by atoms with Crippen LogP contribution in [0.2, 0.25) is 0 Å². The lowest BCUT2D eigenvalue weighted by Crippen LogP contribution is -2.23. The zero-order chi connectivity index (χ0) is 23.0. The van der Waals surface area contributed by atoms with Crippen molar-refractivity contribution in [2.24, 2.45) is 0 Å². The Morgan fingerprint density at radius 2 is 1.67 bits per heavy atom. The van der Waals surface area contributed by atoms with Crippen LogP contribution in [0.15, 0.2) is 79.3 Å². The molecule has 0 atom stereocenters. The van der Waals surface area contributed by atoms with E-state index < -0.39 is 18.5 Å². The van der Waals surface area contributed by atoms with Crippen molar-refractivity contribution in [2.45, 2.75) is 12.8 Å². The van der Waals surface area contributed by atoms with Crippen LogP contribution in [-0.2, 0) is 20.7 Å². The minimum atomic E-state index is -0.561. The number of aryl methyl sites for hydroxylation is 1. The maximum atomic E-state index is 12.3. The quantitative estimate of drug-likeness (QED) is 0.421. The number of rotatable bonds is 8. The number of hydrogen-bond acceptors (Lipinski definition) is 6. The van der Waals surface area contributed by atoms with Crippen LogP contribution >= 0.6 is 0 Å². The van der Waals surface area contributed by atoms with E-state index in [9.17, 15) is 14.9 Å². The number of nitrogens with zero attached hydrogens (tertiary/aromatic N) is 5. The minimum absolute atomic E-state index is 0.110. The van der Waals surface area contributed by atoms with Crippen LogP contribution in [0.3, 0.4) is 0 Å². The molecule has 0 aliphatic rings. The molecule has 4 aromatic rings. The summed E-state index contributed by atoms with van der Waals surface area (Å²) in [5.41, 5.74) is 2.69. The SMILES string of the molecule is N#Cc1cnn(-c2ccccc2)c1NC(=O)COC(=O)CCc1cnn(-c2ccccc2)c1. The highest BCUT2D eigenvalue weighted by atomic mass is 16.5. The molecule has 1 amide bonds. The van der Waals surface area contributed by atoms with Gasteiger partial charge < -0.3 is 10.1 Å². The summed E-state index contributed by atoms with van der Waals surface area (Å²) in [5, 5.41) is 20.4. The van der Waals surface area contributed by atoms with Crippen LogP contribution in [0.1, 0.15) is 17.5 Å². The number of anilines is 1. The first-order chi connectivity index (χ1) is 16.1. The number of para-hydroxylation sites is 2. The molecular formula is C24H20N6O3. The van der Waals surface area contributed by atoms with Gasteiger partial charge in [0, 0.05) is 12.6 Å². The van der Waals surface area contributed by atoms with Crippen LogP contribution in [0.4, 0.5) is 5.82 Å². The van der Waals surface area contributed by atoms with E-state index in [1.54, 1.807) is 23.0 Å². The van der Waals surface area contributed by atoms with E-state index in [0.29, 0.717) is 12.1 Å². The van der Waals surface area contributed by atoms with Crippen LogP contribution in [-0.4, -0.2) is 38.0 Å². The van der Waals surface area contributed by atoms with Crippen molar-refractivity contribution < 1.29 is 14.3 Å². The number of carbonyl (C=O) groups excluding carboxylic acids is 2. The van der Waals surface area contributed by atoms with Gasteiger partial charge in [0.05, 0.1) is 23.8 Å². The lowest BCUT2D eigenvalue weighted by Gasteiger charge is -2.10. The summed E-state index contributed by atoms with van der Waals surface area (Å²) in [4.78, 5) is 24.5. The zero-order valence-electron chi connectivity index (χ0n) is 17.6. The molecule has 0 aliphatic heterocycles. The molecule has 0 aliphatic carbocycles. The minimum Gasteiger partial charge on any atom is -0.456 e. The number of amides is 1. The summed E-state index contributed by atoms with van der Waals surface area (Å²) in [6, 6.07) is 20.7. The third-order valence-corrected chi connectivity index (χ3v) is 4.79. The molecule has 164 valence electrons. The Morgan fingerprint density at radius 3 is 2.36 bits per heavy atom. The molecule has 9 heteroatoms. The van der Waals surface area contributed by atoms with Crippen molar-refractivity contribution in [3.05, 3.63) is 90.4 Å². The maximum absolute atomic E-state index is 12.3. The molecule has 2 aromatic carbocycles. The summed E-state index contributed by atoms with van der Waals surface area (Å²) >= 11 is 0. The first kappa shape index (κ1) is 21.5.